The molecule has 2 nitrogen and oxygen atoms in total. The van der Waals surface area contributed by atoms with E-state index in [0.717, 1.165) is 11.1 Å². The van der Waals surface area contributed by atoms with Crippen molar-refractivity contribution in [2.75, 3.05) is 7.11 Å². The van der Waals surface area contributed by atoms with Gasteiger partial charge in [-0.25, -0.2) is 0 Å². The molecule has 1 N–H and O–H groups in total. The van der Waals surface area contributed by atoms with Crippen molar-refractivity contribution in [3.05, 3.63) is 35.4 Å². The van der Waals surface area contributed by atoms with Gasteiger partial charge in [-0.05, 0) is 24.5 Å². The van der Waals surface area contributed by atoms with E-state index in [2.05, 4.69) is 0 Å². The Kier molecular flexibility index (Phi) is 3.93. The van der Waals surface area contributed by atoms with E-state index in [1.165, 1.54) is 0 Å². The molecular weight excluding hydrogens is 164 g/mol. The van der Waals surface area contributed by atoms with Gasteiger partial charge >= 0.3 is 0 Å². The van der Waals surface area contributed by atoms with Crippen LogP contribution >= 0.6 is 0 Å². The van der Waals surface area contributed by atoms with E-state index in [0.29, 0.717) is 13.0 Å². The first kappa shape index (κ1) is 10.2. The van der Waals surface area contributed by atoms with Crippen LogP contribution in [0.4, 0.5) is 0 Å². The van der Waals surface area contributed by atoms with Crippen molar-refractivity contribution in [3.8, 4) is 0 Å². The summed E-state index contributed by atoms with van der Waals surface area (Å²) in [4.78, 5) is 0. The topological polar surface area (TPSA) is 29.5 Å². The first-order valence-corrected chi connectivity index (χ1v) is 4.47. The summed E-state index contributed by atoms with van der Waals surface area (Å²) in [5.74, 6) is 0. The molecule has 0 aromatic heterocycles. The smallest absolute Gasteiger partial charge is 0.0713 e. The van der Waals surface area contributed by atoms with E-state index in [9.17, 15) is 0 Å². The molecule has 72 valence electrons. The third-order valence-corrected chi connectivity index (χ3v) is 1.87. The molecule has 0 radical (unpaired) electrons. The lowest BCUT2D eigenvalue weighted by Gasteiger charge is -2.05. The van der Waals surface area contributed by atoms with Crippen LogP contribution in [0.1, 0.15) is 18.1 Å². The van der Waals surface area contributed by atoms with Crippen molar-refractivity contribution in [2.24, 2.45) is 0 Å². The number of aliphatic hydroxyl groups is 1. The molecule has 0 aliphatic heterocycles. The van der Waals surface area contributed by atoms with Crippen LogP contribution < -0.4 is 0 Å². The maximum atomic E-state index is 9.15. The second kappa shape index (κ2) is 5.00. The number of aliphatic hydroxyl groups excluding tert-OH is 1. The van der Waals surface area contributed by atoms with Gasteiger partial charge in [0, 0.05) is 7.11 Å². The fraction of sp³-hybridized carbons (Fsp3) is 0.455. The Bertz CT molecular complexity index is 239. The van der Waals surface area contributed by atoms with Crippen LogP contribution in [-0.2, 0) is 17.8 Å². The minimum atomic E-state index is -0.270. The average Bonchev–Trinajstić information content (AvgIpc) is 2.08. The molecule has 0 heterocycles. The predicted octanol–water partition coefficient (Wildman–Crippen LogP) is 1.76. The number of hydrogen-bond acceptors (Lipinski definition) is 2. The third-order valence-electron chi connectivity index (χ3n) is 1.87. The van der Waals surface area contributed by atoms with Gasteiger partial charge in [0.15, 0.2) is 0 Å². The summed E-state index contributed by atoms with van der Waals surface area (Å²) < 4.78 is 5.00. The zero-order chi connectivity index (χ0) is 9.68. The van der Waals surface area contributed by atoms with E-state index in [1.54, 1.807) is 14.0 Å². The number of ether oxygens (including phenoxy) is 1. The second-order valence-electron chi connectivity index (χ2n) is 3.30. The van der Waals surface area contributed by atoms with E-state index in [1.807, 2.05) is 24.3 Å². The van der Waals surface area contributed by atoms with Crippen LogP contribution in [0.3, 0.4) is 0 Å². The fourth-order valence-electron chi connectivity index (χ4n) is 1.28. The van der Waals surface area contributed by atoms with Crippen molar-refractivity contribution >= 4 is 0 Å². The molecule has 0 saturated carbocycles. The summed E-state index contributed by atoms with van der Waals surface area (Å²) in [5, 5.41) is 9.15. The van der Waals surface area contributed by atoms with Crippen LogP contribution in [0.15, 0.2) is 24.3 Å². The largest absolute Gasteiger partial charge is 0.393 e. The molecule has 1 rings (SSSR count). The Morgan fingerprint density at radius 1 is 1.23 bits per heavy atom. The molecule has 0 amide bonds. The molecule has 1 atom stereocenters. The molecule has 0 bridgehead atoms. The van der Waals surface area contributed by atoms with Gasteiger partial charge in [0.25, 0.3) is 0 Å². The molecule has 0 saturated heterocycles. The Hall–Kier alpha value is -0.860. The van der Waals surface area contributed by atoms with Gasteiger partial charge in [0.05, 0.1) is 12.7 Å². The van der Waals surface area contributed by atoms with Crippen LogP contribution in [-0.4, -0.2) is 18.3 Å². The van der Waals surface area contributed by atoms with E-state index >= 15 is 0 Å². The van der Waals surface area contributed by atoms with Crippen molar-refractivity contribution in [3.63, 3.8) is 0 Å². The highest BCUT2D eigenvalue weighted by molar-refractivity contribution is 5.22. The van der Waals surface area contributed by atoms with Crippen LogP contribution in [0.2, 0.25) is 0 Å². The maximum absolute atomic E-state index is 9.15. The molecule has 2 heteroatoms. The highest BCUT2D eigenvalue weighted by atomic mass is 16.5. The molecule has 0 spiro atoms. The highest BCUT2D eigenvalue weighted by Gasteiger charge is 1.98. The third kappa shape index (κ3) is 3.57. The Morgan fingerprint density at radius 3 is 2.23 bits per heavy atom. The van der Waals surface area contributed by atoms with Crippen LogP contribution in [0.5, 0.6) is 0 Å². The maximum Gasteiger partial charge on any atom is 0.0713 e. The van der Waals surface area contributed by atoms with E-state index < -0.39 is 0 Å². The van der Waals surface area contributed by atoms with Crippen molar-refractivity contribution in [1.82, 2.24) is 0 Å². The Labute approximate surface area is 79.2 Å². The highest BCUT2D eigenvalue weighted by Crippen LogP contribution is 2.07. The standard InChI is InChI=1S/C11H16O2/c1-9(12)7-10-3-5-11(6-4-10)8-13-2/h3-6,9,12H,7-8H2,1-2H3/t9-/m0/s1. The lowest BCUT2D eigenvalue weighted by Crippen LogP contribution is -2.03. The van der Waals surface area contributed by atoms with Gasteiger partial charge in [-0.1, -0.05) is 24.3 Å². The monoisotopic (exact) mass is 180 g/mol. The van der Waals surface area contributed by atoms with Gasteiger partial charge in [0.1, 0.15) is 0 Å². The Morgan fingerprint density at radius 2 is 1.77 bits per heavy atom. The van der Waals surface area contributed by atoms with Gasteiger partial charge in [-0.2, -0.15) is 0 Å². The van der Waals surface area contributed by atoms with Gasteiger partial charge in [0.2, 0.25) is 0 Å². The van der Waals surface area contributed by atoms with Gasteiger partial charge < -0.3 is 9.84 Å². The van der Waals surface area contributed by atoms with Gasteiger partial charge in [-0.3, -0.25) is 0 Å². The van der Waals surface area contributed by atoms with Crippen molar-refractivity contribution in [1.29, 1.82) is 0 Å². The Balaban J connectivity index is 2.59. The molecule has 0 aliphatic rings. The molecule has 0 fully saturated rings. The molecular formula is C11H16O2. The lowest BCUT2D eigenvalue weighted by molar-refractivity contribution is 0.184. The normalized spacial score (nSPS) is 12.8. The zero-order valence-corrected chi connectivity index (χ0v) is 8.16. The number of benzene rings is 1. The van der Waals surface area contributed by atoms with Crippen LogP contribution in [0.25, 0.3) is 0 Å². The fourth-order valence-corrected chi connectivity index (χ4v) is 1.28. The van der Waals surface area contributed by atoms with Gasteiger partial charge in [-0.15, -0.1) is 0 Å². The summed E-state index contributed by atoms with van der Waals surface area (Å²) in [6, 6.07) is 8.12. The first-order valence-electron chi connectivity index (χ1n) is 4.47. The van der Waals surface area contributed by atoms with Crippen LogP contribution in [0, 0.1) is 0 Å². The average molecular weight is 180 g/mol. The molecule has 0 unspecified atom stereocenters. The first-order chi connectivity index (χ1) is 6.22. The van der Waals surface area contributed by atoms with Crippen molar-refractivity contribution < 1.29 is 9.84 Å². The van der Waals surface area contributed by atoms with Crippen molar-refractivity contribution in [2.45, 2.75) is 26.1 Å². The minimum Gasteiger partial charge on any atom is -0.393 e. The summed E-state index contributed by atoms with van der Waals surface area (Å²) >= 11 is 0. The zero-order valence-electron chi connectivity index (χ0n) is 8.16. The molecule has 1 aromatic rings. The summed E-state index contributed by atoms with van der Waals surface area (Å²) in [7, 11) is 1.68. The lowest BCUT2D eigenvalue weighted by atomic mass is 10.1. The second-order valence-corrected chi connectivity index (χ2v) is 3.30. The quantitative estimate of drug-likeness (QED) is 0.765. The SMILES string of the molecule is COCc1ccc(C[C@H](C)O)cc1. The molecule has 0 aliphatic carbocycles. The summed E-state index contributed by atoms with van der Waals surface area (Å²) in [5.41, 5.74) is 2.33. The molecule has 1 aromatic carbocycles. The molecule has 13 heavy (non-hydrogen) atoms. The summed E-state index contributed by atoms with van der Waals surface area (Å²) in [6.45, 7) is 2.44. The predicted molar refractivity (Wildman–Crippen MR) is 52.5 cm³/mol. The van der Waals surface area contributed by atoms with E-state index in [4.69, 9.17) is 9.84 Å². The number of rotatable bonds is 4. The number of methoxy groups -OCH3 is 1. The number of hydrogen-bond donors (Lipinski definition) is 1. The summed E-state index contributed by atoms with van der Waals surface area (Å²) in [6.07, 6.45) is 0.445. The minimum absolute atomic E-state index is 0.270. The van der Waals surface area contributed by atoms with E-state index in [-0.39, 0.29) is 6.10 Å².